The Morgan fingerprint density at radius 2 is 1.77 bits per heavy atom. The van der Waals surface area contributed by atoms with E-state index < -0.39 is 6.04 Å². The summed E-state index contributed by atoms with van der Waals surface area (Å²) in [6.07, 6.45) is 5.49. The number of amides is 2. The Kier molecular flexibility index (Phi) is 8.35. The van der Waals surface area contributed by atoms with Gasteiger partial charge in [0.15, 0.2) is 6.61 Å². The van der Waals surface area contributed by atoms with E-state index in [0.29, 0.717) is 17.3 Å². The predicted molar refractivity (Wildman–Crippen MR) is 123 cm³/mol. The van der Waals surface area contributed by atoms with Crippen LogP contribution in [-0.2, 0) is 16.1 Å². The standard InChI is InChI=1S/C25H31ClN2O3/c1-18-12-14-20(15-13-18)16-28(19(2)25(30)27-21-8-4-3-5-9-21)24(29)17-31-23-11-7-6-10-22(23)26/h6-7,10-15,19,21H,3-5,8-9,16-17H2,1-2H3,(H,27,30)/t19-/m1/s1. The molecule has 0 spiro atoms. The van der Waals surface area contributed by atoms with Crippen LogP contribution < -0.4 is 10.1 Å². The Hall–Kier alpha value is -2.53. The minimum Gasteiger partial charge on any atom is -0.482 e. The van der Waals surface area contributed by atoms with Gasteiger partial charge >= 0.3 is 0 Å². The second kappa shape index (κ2) is 11.2. The topological polar surface area (TPSA) is 58.6 Å². The summed E-state index contributed by atoms with van der Waals surface area (Å²) in [6, 6.07) is 14.6. The molecule has 2 amide bonds. The summed E-state index contributed by atoms with van der Waals surface area (Å²) in [4.78, 5) is 27.7. The number of para-hydroxylation sites is 1. The van der Waals surface area contributed by atoms with Gasteiger partial charge in [0.25, 0.3) is 5.91 Å². The van der Waals surface area contributed by atoms with Crippen LogP contribution in [0.4, 0.5) is 0 Å². The molecule has 166 valence electrons. The van der Waals surface area contributed by atoms with Gasteiger partial charge in [-0.1, -0.05) is 72.8 Å². The molecule has 0 unspecified atom stereocenters. The van der Waals surface area contributed by atoms with E-state index in [1.54, 1.807) is 36.1 Å². The van der Waals surface area contributed by atoms with Crippen molar-refractivity contribution < 1.29 is 14.3 Å². The lowest BCUT2D eigenvalue weighted by atomic mass is 9.95. The molecule has 31 heavy (non-hydrogen) atoms. The van der Waals surface area contributed by atoms with Crippen molar-refractivity contribution in [3.8, 4) is 5.75 Å². The number of halogens is 1. The van der Waals surface area contributed by atoms with Crippen LogP contribution in [0.1, 0.15) is 50.2 Å². The summed E-state index contributed by atoms with van der Waals surface area (Å²) in [5, 5.41) is 3.58. The second-order valence-electron chi connectivity index (χ2n) is 8.25. The maximum absolute atomic E-state index is 13.1. The SMILES string of the molecule is Cc1ccc(CN(C(=O)COc2ccccc2Cl)[C@H](C)C(=O)NC2CCCCC2)cc1. The summed E-state index contributed by atoms with van der Waals surface area (Å²) in [6.45, 7) is 3.95. The summed E-state index contributed by atoms with van der Waals surface area (Å²) in [5.74, 6) is 0.0732. The lowest BCUT2D eigenvalue weighted by molar-refractivity contribution is -0.142. The molecule has 1 saturated carbocycles. The number of aryl methyl sites for hydroxylation is 1. The molecule has 0 aliphatic heterocycles. The summed E-state index contributed by atoms with van der Waals surface area (Å²) in [5.41, 5.74) is 2.11. The van der Waals surface area contributed by atoms with Crippen LogP contribution in [0.25, 0.3) is 0 Å². The molecule has 1 fully saturated rings. The molecule has 6 heteroatoms. The van der Waals surface area contributed by atoms with E-state index >= 15 is 0 Å². The highest BCUT2D eigenvalue weighted by Gasteiger charge is 2.28. The van der Waals surface area contributed by atoms with E-state index in [0.717, 1.165) is 36.8 Å². The fourth-order valence-electron chi connectivity index (χ4n) is 3.83. The van der Waals surface area contributed by atoms with Gasteiger partial charge in [-0.3, -0.25) is 9.59 Å². The van der Waals surface area contributed by atoms with Crippen LogP contribution in [0, 0.1) is 6.92 Å². The van der Waals surface area contributed by atoms with Crippen LogP contribution >= 0.6 is 11.6 Å². The fourth-order valence-corrected chi connectivity index (χ4v) is 4.02. The van der Waals surface area contributed by atoms with Gasteiger partial charge in [0.05, 0.1) is 5.02 Å². The van der Waals surface area contributed by atoms with E-state index in [2.05, 4.69) is 5.32 Å². The van der Waals surface area contributed by atoms with Gasteiger partial charge < -0.3 is 15.0 Å². The van der Waals surface area contributed by atoms with Crippen LogP contribution in [0.2, 0.25) is 5.02 Å². The number of nitrogens with zero attached hydrogens (tertiary/aromatic N) is 1. The molecule has 0 heterocycles. The third-order valence-electron chi connectivity index (χ3n) is 5.78. The smallest absolute Gasteiger partial charge is 0.261 e. The molecule has 1 atom stereocenters. The zero-order valence-corrected chi connectivity index (χ0v) is 19.0. The molecule has 2 aromatic rings. The van der Waals surface area contributed by atoms with Crippen molar-refractivity contribution in [2.75, 3.05) is 6.61 Å². The first-order chi connectivity index (χ1) is 14.9. The van der Waals surface area contributed by atoms with Crippen molar-refractivity contribution in [2.24, 2.45) is 0 Å². The zero-order chi connectivity index (χ0) is 22.2. The molecule has 5 nitrogen and oxygen atoms in total. The number of carbonyl (C=O) groups excluding carboxylic acids is 2. The van der Waals surface area contributed by atoms with Crippen molar-refractivity contribution in [3.05, 3.63) is 64.7 Å². The van der Waals surface area contributed by atoms with Gasteiger partial charge in [-0.05, 0) is 44.4 Å². The molecule has 2 aromatic carbocycles. The molecular formula is C25H31ClN2O3. The Morgan fingerprint density at radius 3 is 2.45 bits per heavy atom. The number of rotatable bonds is 8. The molecule has 0 aromatic heterocycles. The predicted octanol–water partition coefficient (Wildman–Crippen LogP) is 4.89. The highest BCUT2D eigenvalue weighted by molar-refractivity contribution is 6.32. The van der Waals surface area contributed by atoms with Gasteiger partial charge in [-0.25, -0.2) is 0 Å². The van der Waals surface area contributed by atoms with Gasteiger partial charge in [0.1, 0.15) is 11.8 Å². The van der Waals surface area contributed by atoms with E-state index in [4.69, 9.17) is 16.3 Å². The van der Waals surface area contributed by atoms with E-state index in [-0.39, 0.29) is 24.5 Å². The molecule has 3 rings (SSSR count). The zero-order valence-electron chi connectivity index (χ0n) is 18.3. The van der Waals surface area contributed by atoms with E-state index in [9.17, 15) is 9.59 Å². The number of nitrogens with one attached hydrogen (secondary N) is 1. The Morgan fingerprint density at radius 1 is 1.10 bits per heavy atom. The lowest BCUT2D eigenvalue weighted by Gasteiger charge is -2.31. The monoisotopic (exact) mass is 442 g/mol. The van der Waals surface area contributed by atoms with Crippen LogP contribution in [0.15, 0.2) is 48.5 Å². The van der Waals surface area contributed by atoms with Crippen LogP contribution in [-0.4, -0.2) is 35.4 Å². The largest absolute Gasteiger partial charge is 0.482 e. The van der Waals surface area contributed by atoms with Gasteiger partial charge in [-0.2, -0.15) is 0 Å². The maximum atomic E-state index is 13.1. The van der Waals surface area contributed by atoms with Crippen molar-refractivity contribution in [1.82, 2.24) is 10.2 Å². The third-order valence-corrected chi connectivity index (χ3v) is 6.09. The number of hydrogen-bond acceptors (Lipinski definition) is 3. The van der Waals surface area contributed by atoms with E-state index in [1.165, 1.54) is 6.42 Å². The Labute approximate surface area is 189 Å². The molecule has 1 aliphatic carbocycles. The Bertz CT molecular complexity index is 879. The summed E-state index contributed by atoms with van der Waals surface area (Å²) >= 11 is 6.14. The summed E-state index contributed by atoms with van der Waals surface area (Å²) in [7, 11) is 0. The van der Waals surface area contributed by atoms with Crippen molar-refractivity contribution in [2.45, 2.75) is 64.6 Å². The molecule has 1 N–H and O–H groups in total. The molecular weight excluding hydrogens is 412 g/mol. The van der Waals surface area contributed by atoms with Gasteiger partial charge in [0.2, 0.25) is 5.91 Å². The molecule has 0 radical (unpaired) electrons. The third kappa shape index (κ3) is 6.73. The first-order valence-electron chi connectivity index (χ1n) is 11.0. The number of carbonyl (C=O) groups is 2. The lowest BCUT2D eigenvalue weighted by Crippen LogP contribution is -2.51. The summed E-state index contributed by atoms with van der Waals surface area (Å²) < 4.78 is 5.66. The average Bonchev–Trinajstić information content (AvgIpc) is 2.78. The molecule has 1 aliphatic rings. The molecule has 0 bridgehead atoms. The Balaban J connectivity index is 1.70. The highest BCUT2D eigenvalue weighted by Crippen LogP contribution is 2.23. The highest BCUT2D eigenvalue weighted by atomic mass is 35.5. The minimum absolute atomic E-state index is 0.120. The number of hydrogen-bond donors (Lipinski definition) is 1. The average molecular weight is 443 g/mol. The van der Waals surface area contributed by atoms with Crippen LogP contribution in [0.5, 0.6) is 5.75 Å². The fraction of sp³-hybridized carbons (Fsp3) is 0.440. The number of ether oxygens (including phenoxy) is 1. The van der Waals surface area contributed by atoms with Crippen molar-refractivity contribution in [3.63, 3.8) is 0 Å². The molecule has 0 saturated heterocycles. The minimum atomic E-state index is -0.606. The normalized spacial score (nSPS) is 15.2. The van der Waals surface area contributed by atoms with Crippen molar-refractivity contribution >= 4 is 23.4 Å². The van der Waals surface area contributed by atoms with E-state index in [1.807, 2.05) is 31.2 Å². The quantitative estimate of drug-likeness (QED) is 0.633. The van der Waals surface area contributed by atoms with Gasteiger partial charge in [0, 0.05) is 12.6 Å². The van der Waals surface area contributed by atoms with Crippen LogP contribution in [0.3, 0.4) is 0 Å². The first kappa shape index (κ1) is 23.1. The van der Waals surface area contributed by atoms with Crippen molar-refractivity contribution in [1.29, 1.82) is 0 Å². The van der Waals surface area contributed by atoms with Gasteiger partial charge in [-0.15, -0.1) is 0 Å². The first-order valence-corrected chi connectivity index (χ1v) is 11.3. The maximum Gasteiger partial charge on any atom is 0.261 e. The number of benzene rings is 2. The second-order valence-corrected chi connectivity index (χ2v) is 8.65.